The zero-order chi connectivity index (χ0) is 16.2. The average Bonchev–Trinajstić information content (AvgIpc) is 2.52. The lowest BCUT2D eigenvalue weighted by Crippen LogP contribution is -2.09. The van der Waals surface area contributed by atoms with Crippen LogP contribution in [0.1, 0.15) is 21.6 Å². The minimum atomic E-state index is -4.46. The summed E-state index contributed by atoms with van der Waals surface area (Å²) in [6.45, 7) is 0.217. The van der Waals surface area contributed by atoms with Crippen molar-refractivity contribution in [2.75, 3.05) is 12.4 Å². The number of methoxy groups -OCH3 is 1. The van der Waals surface area contributed by atoms with Crippen LogP contribution < -0.4 is 10.1 Å². The Bertz CT molecular complexity index is 657. The first-order valence-corrected chi connectivity index (χ1v) is 6.19. The number of aromatic nitrogens is 2. The monoisotopic (exact) mass is 311 g/mol. The molecule has 22 heavy (non-hydrogen) atoms. The number of ether oxygens (including phenoxy) is 1. The zero-order valence-electron chi connectivity index (χ0n) is 11.5. The van der Waals surface area contributed by atoms with Crippen LogP contribution in [0.5, 0.6) is 5.75 Å². The van der Waals surface area contributed by atoms with Crippen molar-refractivity contribution in [3.63, 3.8) is 0 Å². The molecule has 0 radical (unpaired) electrons. The number of anilines is 1. The summed E-state index contributed by atoms with van der Waals surface area (Å²) < 4.78 is 42.3. The fourth-order valence-corrected chi connectivity index (χ4v) is 1.70. The van der Waals surface area contributed by atoms with Gasteiger partial charge in [0.15, 0.2) is 17.9 Å². The second kappa shape index (κ2) is 6.42. The van der Waals surface area contributed by atoms with Crippen LogP contribution in [0.4, 0.5) is 19.0 Å². The van der Waals surface area contributed by atoms with Gasteiger partial charge in [0, 0.05) is 24.5 Å². The Morgan fingerprint density at radius 2 is 2.05 bits per heavy atom. The largest absolute Gasteiger partial charge is 0.493 e. The first-order valence-electron chi connectivity index (χ1n) is 6.19. The maximum Gasteiger partial charge on any atom is 0.433 e. The van der Waals surface area contributed by atoms with Gasteiger partial charge in [-0.2, -0.15) is 13.2 Å². The summed E-state index contributed by atoms with van der Waals surface area (Å²) in [5.41, 5.74) is -0.0304. The number of carbonyl (C=O) groups excluding carboxylic acids is 1. The van der Waals surface area contributed by atoms with Crippen LogP contribution in [-0.4, -0.2) is 23.4 Å². The van der Waals surface area contributed by atoms with Crippen molar-refractivity contribution in [1.82, 2.24) is 9.97 Å². The molecule has 0 aliphatic heterocycles. The molecule has 0 unspecified atom stereocenters. The maximum absolute atomic E-state index is 12.4. The third-order valence-corrected chi connectivity index (χ3v) is 2.81. The highest BCUT2D eigenvalue weighted by molar-refractivity contribution is 5.76. The molecule has 0 aliphatic carbocycles. The molecule has 2 aromatic heterocycles. The summed E-state index contributed by atoms with van der Waals surface area (Å²) in [7, 11) is 1.43. The minimum absolute atomic E-state index is 0.217. The summed E-state index contributed by atoms with van der Waals surface area (Å²) in [4.78, 5) is 18.1. The normalized spacial score (nSPS) is 11.1. The molecule has 116 valence electrons. The predicted octanol–water partition coefficient (Wildman–Crippen LogP) is 2.93. The van der Waals surface area contributed by atoms with Crippen molar-refractivity contribution in [2.24, 2.45) is 0 Å². The summed E-state index contributed by atoms with van der Waals surface area (Å²) in [5.74, 6) is 0.748. The number of nitrogens with one attached hydrogen (secondary N) is 1. The molecular weight excluding hydrogens is 299 g/mol. The fourth-order valence-electron chi connectivity index (χ4n) is 1.70. The number of aldehydes is 1. The quantitative estimate of drug-likeness (QED) is 0.860. The van der Waals surface area contributed by atoms with E-state index in [2.05, 4.69) is 15.3 Å². The number of carbonyl (C=O) groups is 1. The molecule has 2 rings (SSSR count). The van der Waals surface area contributed by atoms with Crippen LogP contribution in [0.3, 0.4) is 0 Å². The lowest BCUT2D eigenvalue weighted by atomic mass is 10.2. The number of halogens is 3. The third-order valence-electron chi connectivity index (χ3n) is 2.81. The molecule has 0 saturated carbocycles. The molecule has 2 heterocycles. The van der Waals surface area contributed by atoms with Gasteiger partial charge in [-0.15, -0.1) is 0 Å². The van der Waals surface area contributed by atoms with Gasteiger partial charge in [-0.05, 0) is 17.7 Å². The Balaban J connectivity index is 2.08. The topological polar surface area (TPSA) is 64.1 Å². The Hall–Kier alpha value is -2.64. The number of hydrogen-bond donors (Lipinski definition) is 1. The standard InChI is InChI=1S/C14H12F3N3O2/c1-22-11-4-10(8-21)7-20-13(11)19-6-9-2-3-12(18-5-9)14(15,16)17/h2-5,7-8H,6H2,1H3,(H,19,20). The lowest BCUT2D eigenvalue weighted by Gasteiger charge is -2.11. The van der Waals surface area contributed by atoms with Gasteiger partial charge in [0.1, 0.15) is 5.69 Å². The van der Waals surface area contributed by atoms with E-state index in [0.717, 1.165) is 12.3 Å². The molecule has 0 fully saturated rings. The molecule has 0 bridgehead atoms. The van der Waals surface area contributed by atoms with Crippen LogP contribution in [0.2, 0.25) is 0 Å². The van der Waals surface area contributed by atoms with Crippen molar-refractivity contribution in [1.29, 1.82) is 0 Å². The summed E-state index contributed by atoms with van der Waals surface area (Å²) in [5, 5.41) is 2.92. The molecule has 8 heteroatoms. The van der Waals surface area contributed by atoms with Gasteiger partial charge >= 0.3 is 6.18 Å². The van der Waals surface area contributed by atoms with Gasteiger partial charge in [0.25, 0.3) is 0 Å². The lowest BCUT2D eigenvalue weighted by molar-refractivity contribution is -0.141. The summed E-state index contributed by atoms with van der Waals surface area (Å²) >= 11 is 0. The van der Waals surface area contributed by atoms with Crippen molar-refractivity contribution in [2.45, 2.75) is 12.7 Å². The molecule has 0 spiro atoms. The van der Waals surface area contributed by atoms with Crippen molar-refractivity contribution in [3.8, 4) is 5.75 Å². The number of rotatable bonds is 5. The number of alkyl halides is 3. The van der Waals surface area contributed by atoms with Crippen molar-refractivity contribution < 1.29 is 22.7 Å². The molecule has 0 atom stereocenters. The second-order valence-corrected chi connectivity index (χ2v) is 4.34. The van der Waals surface area contributed by atoms with Gasteiger partial charge < -0.3 is 10.1 Å². The average molecular weight is 311 g/mol. The molecule has 0 amide bonds. The van der Waals surface area contributed by atoms with E-state index in [-0.39, 0.29) is 6.54 Å². The highest BCUT2D eigenvalue weighted by Crippen LogP contribution is 2.27. The Kier molecular flexibility index (Phi) is 4.59. The first-order chi connectivity index (χ1) is 10.4. The molecule has 0 saturated heterocycles. The van der Waals surface area contributed by atoms with Gasteiger partial charge in [-0.3, -0.25) is 9.78 Å². The Labute approximate surface area is 124 Å². The minimum Gasteiger partial charge on any atom is -0.493 e. The van der Waals surface area contributed by atoms with Crippen LogP contribution in [0, 0.1) is 0 Å². The van der Waals surface area contributed by atoms with E-state index in [1.807, 2.05) is 0 Å². The zero-order valence-corrected chi connectivity index (χ0v) is 11.5. The van der Waals surface area contributed by atoms with E-state index in [9.17, 15) is 18.0 Å². The highest BCUT2D eigenvalue weighted by atomic mass is 19.4. The van der Waals surface area contributed by atoms with Gasteiger partial charge in [-0.1, -0.05) is 6.07 Å². The van der Waals surface area contributed by atoms with E-state index in [0.29, 0.717) is 29.0 Å². The smallest absolute Gasteiger partial charge is 0.433 e. The van der Waals surface area contributed by atoms with Gasteiger partial charge in [-0.25, -0.2) is 4.98 Å². The van der Waals surface area contributed by atoms with E-state index in [1.165, 1.54) is 25.4 Å². The third kappa shape index (κ3) is 3.72. The molecule has 0 aliphatic rings. The molecule has 2 aromatic rings. The predicted molar refractivity (Wildman–Crippen MR) is 72.7 cm³/mol. The van der Waals surface area contributed by atoms with Crippen LogP contribution >= 0.6 is 0 Å². The first kappa shape index (κ1) is 15.7. The van der Waals surface area contributed by atoms with E-state index in [1.54, 1.807) is 0 Å². The summed E-state index contributed by atoms with van der Waals surface area (Å²) in [6.07, 6.45) is -1.31. The van der Waals surface area contributed by atoms with Gasteiger partial charge in [0.2, 0.25) is 0 Å². The summed E-state index contributed by atoms with van der Waals surface area (Å²) in [6, 6.07) is 3.75. The van der Waals surface area contributed by atoms with Crippen molar-refractivity contribution >= 4 is 12.1 Å². The molecule has 1 N–H and O–H groups in total. The highest BCUT2D eigenvalue weighted by Gasteiger charge is 2.31. The Morgan fingerprint density at radius 1 is 1.27 bits per heavy atom. The van der Waals surface area contributed by atoms with Gasteiger partial charge in [0.05, 0.1) is 7.11 Å². The van der Waals surface area contributed by atoms with Crippen molar-refractivity contribution in [3.05, 3.63) is 47.4 Å². The molecular formula is C14H12F3N3O2. The number of pyridine rings is 2. The number of hydrogen-bond acceptors (Lipinski definition) is 5. The molecule has 0 aromatic carbocycles. The van der Waals surface area contributed by atoms with Crippen LogP contribution in [0.25, 0.3) is 0 Å². The second-order valence-electron chi connectivity index (χ2n) is 4.34. The molecule has 5 nitrogen and oxygen atoms in total. The maximum atomic E-state index is 12.4. The SMILES string of the molecule is COc1cc(C=O)cnc1NCc1ccc(C(F)(F)F)nc1. The van der Waals surface area contributed by atoms with E-state index >= 15 is 0 Å². The van der Waals surface area contributed by atoms with E-state index in [4.69, 9.17) is 4.74 Å². The van der Waals surface area contributed by atoms with E-state index < -0.39 is 11.9 Å². The fraction of sp³-hybridized carbons (Fsp3) is 0.214. The Morgan fingerprint density at radius 3 is 2.59 bits per heavy atom. The van der Waals surface area contributed by atoms with Crippen LogP contribution in [-0.2, 0) is 12.7 Å². The van der Waals surface area contributed by atoms with Crippen LogP contribution in [0.15, 0.2) is 30.6 Å². The number of nitrogens with zero attached hydrogens (tertiary/aromatic N) is 2.